The average molecular weight is 389 g/mol. The summed E-state index contributed by atoms with van der Waals surface area (Å²) in [6, 6.07) is 9.59. The number of aromatic nitrogens is 6. The molecule has 0 fully saturated rings. The molecule has 0 bridgehead atoms. The normalized spacial score (nSPS) is 10.6. The number of benzene rings is 1. The molecule has 0 aliphatic heterocycles. The fourth-order valence-corrected chi connectivity index (χ4v) is 2.95. The first-order chi connectivity index (χ1) is 13.7. The second kappa shape index (κ2) is 8.15. The lowest BCUT2D eigenvalue weighted by Crippen LogP contribution is -1.98. The average Bonchev–Trinajstić information content (AvgIpc) is 3.13. The van der Waals surface area contributed by atoms with Crippen molar-refractivity contribution >= 4 is 22.5 Å². The summed E-state index contributed by atoms with van der Waals surface area (Å²) >= 11 is 5.84. The predicted octanol–water partition coefficient (Wildman–Crippen LogP) is 4.14. The third-order valence-corrected chi connectivity index (χ3v) is 4.39. The first-order valence-corrected chi connectivity index (χ1v) is 9.40. The molecule has 138 valence electrons. The number of halogens is 1. The molecule has 0 unspecified atom stereocenters. The maximum atomic E-state index is 5.84. The van der Waals surface area contributed by atoms with Crippen molar-refractivity contribution in [2.45, 2.75) is 26.3 Å². The van der Waals surface area contributed by atoms with Crippen LogP contribution in [0.4, 0.5) is 0 Å². The first-order valence-electron chi connectivity index (χ1n) is 9.02. The molecule has 3 aromatic heterocycles. The Morgan fingerprint density at radius 1 is 1.04 bits per heavy atom. The number of rotatable bonds is 4. The SMILES string of the molecule is CCCCn1ncc2cc(C#Cc3ccnc(-c4ccnc(Cl)n4)n3)ccc21. The van der Waals surface area contributed by atoms with Gasteiger partial charge < -0.3 is 0 Å². The summed E-state index contributed by atoms with van der Waals surface area (Å²) in [6.07, 6.45) is 7.38. The van der Waals surface area contributed by atoms with E-state index in [-0.39, 0.29) is 5.28 Å². The lowest BCUT2D eigenvalue weighted by Gasteiger charge is -2.01. The van der Waals surface area contributed by atoms with E-state index in [9.17, 15) is 0 Å². The van der Waals surface area contributed by atoms with Crippen molar-refractivity contribution in [1.29, 1.82) is 0 Å². The van der Waals surface area contributed by atoms with Crippen LogP contribution in [0.5, 0.6) is 0 Å². The van der Waals surface area contributed by atoms with Crippen LogP contribution in [0.1, 0.15) is 31.0 Å². The van der Waals surface area contributed by atoms with Gasteiger partial charge in [0.15, 0.2) is 5.82 Å². The maximum Gasteiger partial charge on any atom is 0.222 e. The first kappa shape index (κ1) is 18.1. The minimum absolute atomic E-state index is 0.158. The third-order valence-electron chi connectivity index (χ3n) is 4.21. The van der Waals surface area contributed by atoms with Crippen LogP contribution in [0.15, 0.2) is 48.9 Å². The van der Waals surface area contributed by atoms with Crippen molar-refractivity contribution in [2.75, 3.05) is 0 Å². The monoisotopic (exact) mass is 388 g/mol. The van der Waals surface area contributed by atoms with Gasteiger partial charge in [-0.2, -0.15) is 5.10 Å². The Labute approximate surface area is 167 Å². The molecule has 0 saturated heterocycles. The number of fused-ring (bicyclic) bond motifs is 1. The van der Waals surface area contributed by atoms with Gasteiger partial charge in [-0.25, -0.2) is 19.9 Å². The Morgan fingerprint density at radius 3 is 2.79 bits per heavy atom. The molecule has 0 saturated carbocycles. The van der Waals surface area contributed by atoms with Crippen molar-refractivity contribution in [3.8, 4) is 23.4 Å². The van der Waals surface area contributed by atoms with E-state index in [1.165, 1.54) is 0 Å². The van der Waals surface area contributed by atoms with Gasteiger partial charge in [-0.05, 0) is 54.3 Å². The molecule has 3 heterocycles. The molecule has 4 aromatic rings. The van der Waals surface area contributed by atoms with E-state index >= 15 is 0 Å². The fourth-order valence-electron chi connectivity index (χ4n) is 2.80. The zero-order valence-corrected chi connectivity index (χ0v) is 16.1. The minimum Gasteiger partial charge on any atom is -0.265 e. The van der Waals surface area contributed by atoms with Crippen molar-refractivity contribution in [2.24, 2.45) is 0 Å². The molecule has 0 aliphatic rings. The predicted molar refractivity (Wildman–Crippen MR) is 109 cm³/mol. The van der Waals surface area contributed by atoms with Gasteiger partial charge in [0.05, 0.1) is 11.7 Å². The van der Waals surface area contributed by atoms with Crippen molar-refractivity contribution in [3.05, 3.63) is 65.5 Å². The van der Waals surface area contributed by atoms with Crippen LogP contribution in [0, 0.1) is 11.8 Å². The number of hydrogen-bond donors (Lipinski definition) is 0. The molecule has 4 rings (SSSR count). The molecule has 0 amide bonds. The molecule has 0 spiro atoms. The second-order valence-corrected chi connectivity index (χ2v) is 6.56. The Hall–Kier alpha value is -3.30. The van der Waals surface area contributed by atoms with Crippen LogP contribution >= 0.6 is 11.6 Å². The van der Waals surface area contributed by atoms with E-state index in [0.29, 0.717) is 17.2 Å². The highest BCUT2D eigenvalue weighted by Crippen LogP contribution is 2.16. The van der Waals surface area contributed by atoms with Crippen LogP contribution in [0.2, 0.25) is 5.28 Å². The highest BCUT2D eigenvalue weighted by molar-refractivity contribution is 6.28. The van der Waals surface area contributed by atoms with Crippen molar-refractivity contribution in [3.63, 3.8) is 0 Å². The van der Waals surface area contributed by atoms with Gasteiger partial charge in [-0.15, -0.1) is 0 Å². The van der Waals surface area contributed by atoms with E-state index in [1.807, 2.05) is 23.0 Å². The number of hydrogen-bond acceptors (Lipinski definition) is 5. The van der Waals surface area contributed by atoms with E-state index in [2.05, 4.69) is 49.9 Å². The number of nitrogens with zero attached hydrogens (tertiary/aromatic N) is 6. The second-order valence-electron chi connectivity index (χ2n) is 6.22. The fraction of sp³-hybridized carbons (Fsp3) is 0.190. The quantitative estimate of drug-likeness (QED) is 0.388. The standard InChI is InChI=1S/C21H17ClN6/c1-2-3-12-28-19-7-5-15(13-16(19)14-25-28)4-6-17-8-10-23-20(26-17)18-9-11-24-21(22)27-18/h5,7-11,13-14H,2-3,12H2,1H3. The van der Waals surface area contributed by atoms with Crippen LogP contribution in [-0.4, -0.2) is 29.7 Å². The van der Waals surface area contributed by atoms with Crippen molar-refractivity contribution < 1.29 is 0 Å². The third kappa shape index (κ3) is 4.00. The Morgan fingerprint density at radius 2 is 1.93 bits per heavy atom. The van der Waals surface area contributed by atoms with Crippen LogP contribution in [-0.2, 0) is 6.54 Å². The minimum atomic E-state index is 0.158. The van der Waals surface area contributed by atoms with Gasteiger partial charge in [0.25, 0.3) is 0 Å². The summed E-state index contributed by atoms with van der Waals surface area (Å²) in [4.78, 5) is 16.7. The van der Waals surface area contributed by atoms with Gasteiger partial charge in [0, 0.05) is 29.9 Å². The van der Waals surface area contributed by atoms with Crippen molar-refractivity contribution in [1.82, 2.24) is 29.7 Å². The summed E-state index contributed by atoms with van der Waals surface area (Å²) in [5.74, 6) is 6.71. The maximum absolute atomic E-state index is 5.84. The lowest BCUT2D eigenvalue weighted by atomic mass is 10.1. The molecular weight excluding hydrogens is 372 g/mol. The van der Waals surface area contributed by atoms with E-state index in [0.717, 1.165) is 35.9 Å². The summed E-state index contributed by atoms with van der Waals surface area (Å²) in [5, 5.41) is 5.71. The molecule has 0 radical (unpaired) electrons. The van der Waals surface area contributed by atoms with Crippen LogP contribution in [0.3, 0.4) is 0 Å². The topological polar surface area (TPSA) is 69.4 Å². The van der Waals surface area contributed by atoms with Gasteiger partial charge in [-0.3, -0.25) is 4.68 Å². The molecule has 1 aromatic carbocycles. The van der Waals surface area contributed by atoms with Gasteiger partial charge in [-0.1, -0.05) is 19.3 Å². The van der Waals surface area contributed by atoms with Gasteiger partial charge >= 0.3 is 0 Å². The molecule has 7 heteroatoms. The molecule has 0 atom stereocenters. The highest BCUT2D eigenvalue weighted by atomic mass is 35.5. The highest BCUT2D eigenvalue weighted by Gasteiger charge is 2.05. The zero-order valence-electron chi connectivity index (χ0n) is 15.3. The Kier molecular flexibility index (Phi) is 5.27. The van der Waals surface area contributed by atoms with Crippen LogP contribution < -0.4 is 0 Å². The Balaban J connectivity index is 1.59. The Bertz CT molecular complexity index is 1190. The lowest BCUT2D eigenvalue weighted by molar-refractivity contribution is 0.588. The van der Waals surface area contributed by atoms with E-state index < -0.39 is 0 Å². The summed E-state index contributed by atoms with van der Waals surface area (Å²) < 4.78 is 2.04. The zero-order chi connectivity index (χ0) is 19.3. The molecule has 0 aliphatic carbocycles. The molecular formula is C21H17ClN6. The summed E-state index contributed by atoms with van der Waals surface area (Å²) in [5.41, 5.74) is 3.21. The molecule has 0 N–H and O–H groups in total. The largest absolute Gasteiger partial charge is 0.265 e. The number of aryl methyl sites for hydroxylation is 1. The molecule has 28 heavy (non-hydrogen) atoms. The molecule has 6 nitrogen and oxygen atoms in total. The summed E-state index contributed by atoms with van der Waals surface area (Å²) in [7, 11) is 0. The summed E-state index contributed by atoms with van der Waals surface area (Å²) in [6.45, 7) is 3.11. The van der Waals surface area contributed by atoms with Crippen LogP contribution in [0.25, 0.3) is 22.4 Å². The number of unbranched alkanes of at least 4 members (excludes halogenated alkanes) is 1. The van der Waals surface area contributed by atoms with E-state index in [4.69, 9.17) is 11.6 Å². The van der Waals surface area contributed by atoms with E-state index in [1.54, 1.807) is 24.5 Å². The van der Waals surface area contributed by atoms with Gasteiger partial charge in [0.2, 0.25) is 5.28 Å². The van der Waals surface area contributed by atoms with Gasteiger partial charge in [0.1, 0.15) is 11.4 Å². The smallest absolute Gasteiger partial charge is 0.222 e.